The molecule has 0 bridgehead atoms. The first-order chi connectivity index (χ1) is 23.5. The maximum absolute atomic E-state index is 12.6. The van der Waals surface area contributed by atoms with Crippen molar-refractivity contribution in [1.82, 2.24) is 0 Å². The van der Waals surface area contributed by atoms with Crippen LogP contribution in [0.3, 0.4) is 0 Å². The van der Waals surface area contributed by atoms with Gasteiger partial charge in [0.25, 0.3) is 7.82 Å². The van der Waals surface area contributed by atoms with Crippen molar-refractivity contribution in [2.24, 2.45) is 0 Å². The van der Waals surface area contributed by atoms with Crippen molar-refractivity contribution >= 4 is 19.8 Å². The molecule has 0 rings (SSSR count). The molecule has 0 saturated heterocycles. The van der Waals surface area contributed by atoms with Crippen LogP contribution in [0.4, 0.5) is 0 Å². The lowest BCUT2D eigenvalue weighted by Crippen LogP contribution is -2.37. The molecule has 10 heteroatoms. The standard InChI is InChI=1S/C39H74NO8P/c1-6-8-10-12-14-16-18-20-22-24-26-28-30-32-39(42)48-37(36-47-49(43,44)46-34-33-40(3,4)5)35-45-38(41)31-29-27-25-23-21-19-17-15-13-11-9-7-2/h15-18,37H,6-14,19-36H2,1-5H3/b17-15+,18-16+/t37-/m1/s1. The number of quaternary nitrogens is 1. The molecule has 0 saturated carbocycles. The van der Waals surface area contributed by atoms with Crippen molar-refractivity contribution in [3.8, 4) is 0 Å². The molecular formula is C39H74NO8P. The second-order valence-electron chi connectivity index (χ2n) is 14.3. The molecule has 288 valence electrons. The number of phosphoric acid groups is 1. The number of unbranched alkanes of at least 4 members (excludes halogenated alkanes) is 17. The van der Waals surface area contributed by atoms with E-state index in [0.717, 1.165) is 70.6 Å². The summed E-state index contributed by atoms with van der Waals surface area (Å²) in [6.45, 7) is 4.15. The van der Waals surface area contributed by atoms with E-state index < -0.39 is 32.5 Å². The molecule has 0 aromatic carbocycles. The highest BCUT2D eigenvalue weighted by Crippen LogP contribution is 2.38. The molecule has 9 nitrogen and oxygen atoms in total. The highest BCUT2D eigenvalue weighted by molar-refractivity contribution is 7.45. The van der Waals surface area contributed by atoms with Gasteiger partial charge in [-0.15, -0.1) is 0 Å². The van der Waals surface area contributed by atoms with Gasteiger partial charge in [0.05, 0.1) is 27.7 Å². The van der Waals surface area contributed by atoms with Crippen LogP contribution in [0.15, 0.2) is 24.3 Å². The van der Waals surface area contributed by atoms with Gasteiger partial charge in [0.1, 0.15) is 19.8 Å². The zero-order valence-corrected chi connectivity index (χ0v) is 33.0. The van der Waals surface area contributed by atoms with Crippen LogP contribution in [0, 0.1) is 0 Å². The van der Waals surface area contributed by atoms with Crippen LogP contribution in [-0.2, 0) is 32.7 Å². The Morgan fingerprint density at radius 2 is 1.04 bits per heavy atom. The molecule has 0 aromatic rings. The second-order valence-corrected chi connectivity index (χ2v) is 15.7. The molecule has 0 aliphatic rings. The summed E-state index contributed by atoms with van der Waals surface area (Å²) in [4.78, 5) is 37.3. The van der Waals surface area contributed by atoms with Gasteiger partial charge in [0.15, 0.2) is 6.10 Å². The molecule has 1 unspecified atom stereocenters. The van der Waals surface area contributed by atoms with Crippen LogP contribution >= 0.6 is 7.82 Å². The number of hydrogen-bond donors (Lipinski definition) is 0. The van der Waals surface area contributed by atoms with Crippen LogP contribution in [0.25, 0.3) is 0 Å². The minimum Gasteiger partial charge on any atom is -0.756 e. The molecule has 0 heterocycles. The number of ether oxygens (including phenoxy) is 2. The third-order valence-corrected chi connectivity index (χ3v) is 9.16. The van der Waals surface area contributed by atoms with E-state index in [0.29, 0.717) is 17.4 Å². The number of rotatable bonds is 35. The molecular weight excluding hydrogens is 641 g/mol. The lowest BCUT2D eigenvalue weighted by atomic mass is 10.1. The number of esters is 2. The summed E-state index contributed by atoms with van der Waals surface area (Å²) in [7, 11) is 1.15. The first kappa shape index (κ1) is 47.5. The average Bonchev–Trinajstić information content (AvgIpc) is 3.04. The van der Waals surface area contributed by atoms with E-state index >= 15 is 0 Å². The zero-order valence-electron chi connectivity index (χ0n) is 32.1. The Kier molecular flexibility index (Phi) is 31.4. The van der Waals surface area contributed by atoms with Crippen molar-refractivity contribution < 1.29 is 42.1 Å². The summed E-state index contributed by atoms with van der Waals surface area (Å²) >= 11 is 0. The predicted octanol–water partition coefficient (Wildman–Crippen LogP) is 9.77. The Morgan fingerprint density at radius 1 is 0.612 bits per heavy atom. The van der Waals surface area contributed by atoms with Crippen LogP contribution in [0.1, 0.15) is 162 Å². The third kappa shape index (κ3) is 36.1. The number of carbonyl (C=O) groups excluding carboxylic acids is 2. The van der Waals surface area contributed by atoms with Crippen LogP contribution in [0.2, 0.25) is 0 Å². The number of likely N-dealkylation sites (N-methyl/N-ethyl adjacent to an activating group) is 1. The highest BCUT2D eigenvalue weighted by atomic mass is 31.2. The average molecular weight is 716 g/mol. The third-order valence-electron chi connectivity index (χ3n) is 8.19. The minimum atomic E-state index is -4.62. The number of phosphoric ester groups is 1. The highest BCUT2D eigenvalue weighted by Gasteiger charge is 2.21. The Labute approximate surface area is 300 Å². The van der Waals surface area contributed by atoms with E-state index in [4.69, 9.17) is 18.5 Å². The van der Waals surface area contributed by atoms with Crippen molar-refractivity contribution in [1.29, 1.82) is 0 Å². The van der Waals surface area contributed by atoms with E-state index in [1.54, 1.807) is 0 Å². The lowest BCUT2D eigenvalue weighted by molar-refractivity contribution is -0.870. The lowest BCUT2D eigenvalue weighted by Gasteiger charge is -2.28. The maximum Gasteiger partial charge on any atom is 0.306 e. The summed E-state index contributed by atoms with van der Waals surface area (Å²) < 4.78 is 33.7. The monoisotopic (exact) mass is 716 g/mol. The molecule has 0 aliphatic carbocycles. The number of allylic oxidation sites excluding steroid dienone is 4. The number of nitrogens with zero attached hydrogens (tertiary/aromatic N) is 1. The minimum absolute atomic E-state index is 0.0329. The largest absolute Gasteiger partial charge is 0.756 e. The van der Waals surface area contributed by atoms with Crippen LogP contribution in [-0.4, -0.2) is 70.0 Å². The van der Waals surface area contributed by atoms with Gasteiger partial charge < -0.3 is 27.9 Å². The van der Waals surface area contributed by atoms with Gasteiger partial charge in [-0.1, -0.05) is 109 Å². The fourth-order valence-corrected chi connectivity index (χ4v) is 5.78. The molecule has 0 amide bonds. The van der Waals surface area contributed by atoms with Gasteiger partial charge in [-0.05, 0) is 64.2 Å². The fourth-order valence-electron chi connectivity index (χ4n) is 5.05. The maximum atomic E-state index is 12.6. The Hall–Kier alpha value is -1.51. The number of hydrogen-bond acceptors (Lipinski definition) is 8. The van der Waals surface area contributed by atoms with Gasteiger partial charge in [0.2, 0.25) is 0 Å². The Balaban J connectivity index is 4.46. The molecule has 0 fully saturated rings. The van der Waals surface area contributed by atoms with Gasteiger partial charge in [-0.3, -0.25) is 14.2 Å². The molecule has 49 heavy (non-hydrogen) atoms. The Bertz CT molecular complexity index is 902. The molecule has 0 N–H and O–H groups in total. The molecule has 2 atom stereocenters. The van der Waals surface area contributed by atoms with Crippen molar-refractivity contribution in [2.45, 2.75) is 168 Å². The first-order valence-corrected chi connectivity index (χ1v) is 21.0. The summed E-state index contributed by atoms with van der Waals surface area (Å²) in [6, 6.07) is 0. The predicted molar refractivity (Wildman–Crippen MR) is 199 cm³/mol. The van der Waals surface area contributed by atoms with Crippen molar-refractivity contribution in [3.05, 3.63) is 24.3 Å². The van der Waals surface area contributed by atoms with Crippen molar-refractivity contribution in [2.75, 3.05) is 47.5 Å². The summed E-state index contributed by atoms with van der Waals surface area (Å²) in [5, 5.41) is 0. The quantitative estimate of drug-likeness (QED) is 0.0210. The van der Waals surface area contributed by atoms with Gasteiger partial charge in [0, 0.05) is 12.8 Å². The molecule has 0 aromatic heterocycles. The van der Waals surface area contributed by atoms with E-state index in [1.165, 1.54) is 57.8 Å². The second kappa shape index (κ2) is 32.4. The summed E-state index contributed by atoms with van der Waals surface area (Å²) in [5.74, 6) is -0.856. The van der Waals surface area contributed by atoms with Crippen molar-refractivity contribution in [3.63, 3.8) is 0 Å². The van der Waals surface area contributed by atoms with Gasteiger partial charge in [-0.2, -0.15) is 0 Å². The topological polar surface area (TPSA) is 111 Å². The van der Waals surface area contributed by atoms with E-state index in [-0.39, 0.29) is 26.1 Å². The van der Waals surface area contributed by atoms with E-state index in [2.05, 4.69) is 38.2 Å². The van der Waals surface area contributed by atoms with Crippen LogP contribution in [0.5, 0.6) is 0 Å². The fraction of sp³-hybridized carbons (Fsp3) is 0.846. The summed E-state index contributed by atoms with van der Waals surface area (Å²) in [5.41, 5.74) is 0. The first-order valence-electron chi connectivity index (χ1n) is 19.5. The Morgan fingerprint density at radius 3 is 1.55 bits per heavy atom. The van der Waals surface area contributed by atoms with E-state index in [9.17, 15) is 19.0 Å². The smallest absolute Gasteiger partial charge is 0.306 e. The molecule has 0 radical (unpaired) electrons. The molecule has 0 spiro atoms. The summed E-state index contributed by atoms with van der Waals surface area (Å²) in [6.07, 6.45) is 32.0. The zero-order chi connectivity index (χ0) is 36.5. The normalized spacial score (nSPS) is 14.0. The van der Waals surface area contributed by atoms with Gasteiger partial charge >= 0.3 is 11.9 Å². The SMILES string of the molecule is CCCCC/C=C/CCCCCCCC(=O)OC[C@H](COP(=O)([O-])OCC[N+](C)(C)C)OC(=O)CCCCCCC/C=C/CCCCCC. The van der Waals surface area contributed by atoms with Crippen LogP contribution < -0.4 is 4.89 Å². The molecule has 0 aliphatic heterocycles. The van der Waals surface area contributed by atoms with Gasteiger partial charge in [-0.25, -0.2) is 0 Å². The van der Waals surface area contributed by atoms with E-state index in [1.807, 2.05) is 21.1 Å². The number of carbonyl (C=O) groups is 2.